The molecule has 2 saturated heterocycles. The summed E-state index contributed by atoms with van der Waals surface area (Å²) in [6.45, 7) is 2.90. The zero-order valence-electron chi connectivity index (χ0n) is 19.7. The number of imide groups is 1. The van der Waals surface area contributed by atoms with Crippen LogP contribution in [-0.2, 0) is 11.3 Å². The third kappa shape index (κ3) is 5.87. The zero-order valence-corrected chi connectivity index (χ0v) is 20.5. The maximum atomic E-state index is 11.8. The maximum Gasteiger partial charge on any atom is 0.338 e. The normalized spacial score (nSPS) is 17.4. The lowest BCUT2D eigenvalue weighted by Gasteiger charge is -2.32. The molecule has 0 aromatic carbocycles. The minimum Gasteiger partial charge on any atom is -0.478 e. The first kappa shape index (κ1) is 24.7. The summed E-state index contributed by atoms with van der Waals surface area (Å²) in [5.74, 6) is 0.0222. The Balaban J connectivity index is 1.13. The second-order valence-electron chi connectivity index (χ2n) is 8.72. The molecule has 5 rings (SSSR count). The van der Waals surface area contributed by atoms with E-state index < -0.39 is 11.9 Å². The van der Waals surface area contributed by atoms with Crippen molar-refractivity contribution in [3.05, 3.63) is 64.6 Å². The van der Waals surface area contributed by atoms with Crippen molar-refractivity contribution in [3.63, 3.8) is 0 Å². The molecule has 0 atom stereocenters. The molecule has 0 bridgehead atoms. The molecule has 2 fully saturated rings. The summed E-state index contributed by atoms with van der Waals surface area (Å²) in [5.41, 5.74) is 1.79. The Hall–Kier alpha value is -4.03. The van der Waals surface area contributed by atoms with Gasteiger partial charge < -0.3 is 19.7 Å². The number of amides is 2. The molecule has 2 aliphatic heterocycles. The maximum absolute atomic E-state index is 11.8. The molecule has 2 aliphatic rings. The van der Waals surface area contributed by atoms with E-state index in [0.29, 0.717) is 40.5 Å². The number of piperidine rings is 1. The minimum atomic E-state index is -1.05. The number of furan rings is 1. The van der Waals surface area contributed by atoms with Crippen molar-refractivity contribution in [2.24, 2.45) is 5.92 Å². The molecule has 3 aromatic heterocycles. The van der Waals surface area contributed by atoms with Crippen molar-refractivity contribution >= 4 is 40.9 Å². The highest BCUT2D eigenvalue weighted by molar-refractivity contribution is 8.18. The van der Waals surface area contributed by atoms with Gasteiger partial charge in [-0.15, -0.1) is 0 Å². The van der Waals surface area contributed by atoms with Crippen LogP contribution in [0.4, 0.5) is 10.7 Å². The first-order chi connectivity index (χ1) is 18.0. The Morgan fingerprint density at radius 2 is 2.11 bits per heavy atom. The molecular weight excluding hydrogens is 496 g/mol. The number of hydrogen-bond acceptors (Lipinski definition) is 10. The van der Waals surface area contributed by atoms with Gasteiger partial charge in [-0.1, -0.05) is 0 Å². The van der Waals surface area contributed by atoms with E-state index in [1.165, 1.54) is 6.26 Å². The average molecular weight is 521 g/mol. The Labute approximate surface area is 216 Å². The monoisotopic (exact) mass is 520 g/mol. The van der Waals surface area contributed by atoms with Crippen molar-refractivity contribution in [1.29, 1.82) is 0 Å². The molecule has 3 N–H and O–H groups in total. The lowest BCUT2D eigenvalue weighted by atomic mass is 9.97. The Morgan fingerprint density at radius 1 is 1.27 bits per heavy atom. The lowest BCUT2D eigenvalue weighted by molar-refractivity contribution is -0.115. The summed E-state index contributed by atoms with van der Waals surface area (Å²) < 4.78 is 5.31. The van der Waals surface area contributed by atoms with Crippen LogP contribution in [0.3, 0.4) is 0 Å². The summed E-state index contributed by atoms with van der Waals surface area (Å²) in [4.78, 5) is 50.6. The van der Waals surface area contributed by atoms with E-state index >= 15 is 0 Å². The molecule has 0 spiro atoms. The number of nitrogens with one attached hydrogen (secondary N) is 2. The van der Waals surface area contributed by atoms with Crippen molar-refractivity contribution in [2.75, 3.05) is 24.5 Å². The number of carbonyl (C=O) groups is 3. The van der Waals surface area contributed by atoms with Gasteiger partial charge in [0.25, 0.3) is 11.1 Å². The van der Waals surface area contributed by atoms with Gasteiger partial charge in [0, 0.05) is 32.0 Å². The van der Waals surface area contributed by atoms with Gasteiger partial charge >= 0.3 is 5.97 Å². The van der Waals surface area contributed by atoms with Gasteiger partial charge in [0.05, 0.1) is 22.4 Å². The topological polar surface area (TPSA) is 151 Å². The molecule has 12 heteroatoms. The second kappa shape index (κ2) is 10.9. The van der Waals surface area contributed by atoms with Crippen LogP contribution in [0.1, 0.15) is 34.5 Å². The molecule has 3 aromatic rings. The SMILES string of the molecule is O=C1NC(=O)/C(=C\c2ccnc(N3CCC(CNCc4cnc(-c5ccco5)c(C(=O)O)c4)CC3)n2)S1. The second-order valence-corrected chi connectivity index (χ2v) is 9.73. The molecule has 2 amide bonds. The minimum absolute atomic E-state index is 0.110. The third-order valence-corrected chi connectivity index (χ3v) is 6.98. The van der Waals surface area contributed by atoms with Gasteiger partial charge in [-0.25, -0.2) is 14.8 Å². The fourth-order valence-electron chi connectivity index (χ4n) is 4.29. The molecule has 11 nitrogen and oxygen atoms in total. The predicted octanol–water partition coefficient (Wildman–Crippen LogP) is 3.16. The summed E-state index contributed by atoms with van der Waals surface area (Å²) in [6.07, 6.45) is 8.30. The van der Waals surface area contributed by atoms with Crippen LogP contribution in [-0.4, -0.2) is 56.8 Å². The standard InChI is InChI=1S/C25H24N6O5S/c32-22-20(37-25(35)30-22)11-17-3-6-27-24(29-17)31-7-4-15(5-8-31)12-26-13-16-10-18(23(33)34)21(28-14-16)19-2-1-9-36-19/h1-3,6,9-11,14-15,26H,4-5,7-8,12-13H2,(H,33,34)(H,30,32,35)/b20-11+. The number of carbonyl (C=O) groups excluding carboxylic acids is 2. The highest BCUT2D eigenvalue weighted by Gasteiger charge is 2.26. The van der Waals surface area contributed by atoms with Crippen LogP contribution >= 0.6 is 11.8 Å². The van der Waals surface area contributed by atoms with E-state index in [9.17, 15) is 19.5 Å². The molecule has 37 heavy (non-hydrogen) atoms. The third-order valence-electron chi connectivity index (χ3n) is 6.17. The summed E-state index contributed by atoms with van der Waals surface area (Å²) >= 11 is 0.862. The Morgan fingerprint density at radius 3 is 2.81 bits per heavy atom. The lowest BCUT2D eigenvalue weighted by Crippen LogP contribution is -2.38. The first-order valence-corrected chi connectivity index (χ1v) is 12.6. The molecule has 0 aliphatic carbocycles. The van der Waals surface area contributed by atoms with Crippen molar-refractivity contribution in [2.45, 2.75) is 19.4 Å². The summed E-state index contributed by atoms with van der Waals surface area (Å²) in [6, 6.07) is 6.72. The number of anilines is 1. The van der Waals surface area contributed by atoms with Crippen LogP contribution in [0.5, 0.6) is 0 Å². The van der Waals surface area contributed by atoms with E-state index in [1.54, 1.807) is 42.7 Å². The van der Waals surface area contributed by atoms with Crippen LogP contribution in [0, 0.1) is 5.92 Å². The zero-order chi connectivity index (χ0) is 25.8. The number of hydrogen-bond donors (Lipinski definition) is 3. The molecule has 5 heterocycles. The average Bonchev–Trinajstić information content (AvgIpc) is 3.54. The predicted molar refractivity (Wildman–Crippen MR) is 137 cm³/mol. The van der Waals surface area contributed by atoms with Crippen LogP contribution in [0.2, 0.25) is 0 Å². The van der Waals surface area contributed by atoms with Gasteiger partial charge in [0.15, 0.2) is 5.76 Å². The fraction of sp³-hybridized carbons (Fsp3) is 0.280. The van der Waals surface area contributed by atoms with E-state index in [1.807, 2.05) is 0 Å². The number of pyridine rings is 1. The van der Waals surface area contributed by atoms with E-state index in [-0.39, 0.29) is 10.8 Å². The number of aromatic carboxylic acids is 1. The van der Waals surface area contributed by atoms with Gasteiger partial charge in [-0.2, -0.15) is 0 Å². The quantitative estimate of drug-likeness (QED) is 0.376. The number of carboxylic acids is 1. The highest BCUT2D eigenvalue weighted by atomic mass is 32.2. The van der Waals surface area contributed by atoms with Crippen LogP contribution in [0.15, 0.2) is 52.2 Å². The van der Waals surface area contributed by atoms with Crippen molar-refractivity contribution in [1.82, 2.24) is 25.6 Å². The van der Waals surface area contributed by atoms with Crippen molar-refractivity contribution in [3.8, 4) is 11.5 Å². The largest absolute Gasteiger partial charge is 0.478 e. The highest BCUT2D eigenvalue weighted by Crippen LogP contribution is 2.26. The number of nitrogens with zero attached hydrogens (tertiary/aromatic N) is 4. The van der Waals surface area contributed by atoms with E-state index in [2.05, 4.69) is 30.5 Å². The smallest absolute Gasteiger partial charge is 0.338 e. The fourth-order valence-corrected chi connectivity index (χ4v) is 4.95. The summed E-state index contributed by atoms with van der Waals surface area (Å²) in [5, 5.41) is 14.9. The Bertz CT molecular complexity index is 1350. The van der Waals surface area contributed by atoms with Gasteiger partial charge in [-0.3, -0.25) is 19.9 Å². The van der Waals surface area contributed by atoms with Crippen molar-refractivity contribution < 1.29 is 23.9 Å². The Kier molecular flexibility index (Phi) is 7.28. The van der Waals surface area contributed by atoms with E-state index in [4.69, 9.17) is 4.42 Å². The number of rotatable bonds is 8. The number of aromatic nitrogens is 3. The number of carboxylic acid groups (broad SMARTS) is 1. The van der Waals surface area contributed by atoms with E-state index in [0.717, 1.165) is 49.8 Å². The molecular formula is C25H24N6O5S. The molecule has 0 radical (unpaired) electrons. The molecule has 0 unspecified atom stereocenters. The number of thioether (sulfide) groups is 1. The van der Waals surface area contributed by atoms with Crippen LogP contribution in [0.25, 0.3) is 17.5 Å². The summed E-state index contributed by atoms with van der Waals surface area (Å²) in [7, 11) is 0. The molecule has 0 saturated carbocycles. The molecule has 190 valence electrons. The van der Waals surface area contributed by atoms with Gasteiger partial charge in [0.1, 0.15) is 5.69 Å². The van der Waals surface area contributed by atoms with Gasteiger partial charge in [-0.05, 0) is 73.0 Å². The first-order valence-electron chi connectivity index (χ1n) is 11.8. The van der Waals surface area contributed by atoms with Gasteiger partial charge in [0.2, 0.25) is 5.95 Å². The van der Waals surface area contributed by atoms with Crippen LogP contribution < -0.4 is 15.5 Å².